The predicted molar refractivity (Wildman–Crippen MR) is 198 cm³/mol. The van der Waals surface area contributed by atoms with Gasteiger partial charge in [-0.3, -0.25) is 4.90 Å². The zero-order valence-corrected chi connectivity index (χ0v) is 32.2. The second-order valence-electron chi connectivity index (χ2n) is 12.8. The summed E-state index contributed by atoms with van der Waals surface area (Å²) in [4.78, 5) is 8.76. The summed E-state index contributed by atoms with van der Waals surface area (Å²) < 4.78 is 84.7. The summed E-state index contributed by atoms with van der Waals surface area (Å²) in [7, 11) is 6.49. The number of hydrogen-bond donors (Lipinski definition) is 0. The van der Waals surface area contributed by atoms with Crippen molar-refractivity contribution in [1.82, 2.24) is 9.80 Å². The fraction of sp³-hybridized carbons (Fsp3) is 0.632. The average molecular weight is 772 g/mol. The first-order valence-corrected chi connectivity index (χ1v) is 18.8. The molecular formula is C38H56F3N3O8S. The summed E-state index contributed by atoms with van der Waals surface area (Å²) in [5.74, 6) is 0. The van der Waals surface area contributed by atoms with Crippen LogP contribution in [0.2, 0.25) is 0 Å². The van der Waals surface area contributed by atoms with E-state index in [1.165, 1.54) is 23.9 Å². The number of ether oxygens (including phenoxy) is 8. The molecule has 2 aliphatic heterocycles. The molecule has 1 fully saturated rings. The van der Waals surface area contributed by atoms with Gasteiger partial charge < -0.3 is 47.7 Å². The van der Waals surface area contributed by atoms with Crippen molar-refractivity contribution >= 4 is 23.1 Å². The van der Waals surface area contributed by atoms with Crippen LogP contribution in [0.1, 0.15) is 12.0 Å². The zero-order chi connectivity index (χ0) is 37.9. The van der Waals surface area contributed by atoms with E-state index in [1.54, 1.807) is 40.8 Å². The molecule has 2 aliphatic rings. The van der Waals surface area contributed by atoms with Crippen LogP contribution >= 0.6 is 11.8 Å². The first-order valence-electron chi connectivity index (χ1n) is 18.0. The number of fused-ring (bicyclic) bond motifs is 2. The lowest BCUT2D eigenvalue weighted by atomic mass is 10.1. The quantitative estimate of drug-likeness (QED) is 0.0934. The average Bonchev–Trinajstić information content (AvgIpc) is 3.16. The molecule has 0 radical (unpaired) electrons. The van der Waals surface area contributed by atoms with Crippen LogP contribution in [-0.2, 0) is 44.1 Å². The van der Waals surface area contributed by atoms with Gasteiger partial charge in [0.15, 0.2) is 0 Å². The Morgan fingerprint density at radius 1 is 0.698 bits per heavy atom. The Morgan fingerprint density at radius 3 is 1.94 bits per heavy atom. The molecule has 0 N–H and O–H groups in total. The van der Waals surface area contributed by atoms with E-state index in [0.717, 1.165) is 61.2 Å². The lowest BCUT2D eigenvalue weighted by Gasteiger charge is -2.36. The Morgan fingerprint density at radius 2 is 1.30 bits per heavy atom. The fourth-order valence-corrected chi connectivity index (χ4v) is 7.02. The third kappa shape index (κ3) is 14.6. The van der Waals surface area contributed by atoms with E-state index in [9.17, 15) is 13.2 Å². The second kappa shape index (κ2) is 23.5. The van der Waals surface area contributed by atoms with Crippen molar-refractivity contribution in [3.63, 3.8) is 0 Å². The largest absolute Gasteiger partial charge is 0.499 e. The Hall–Kier alpha value is -2.44. The summed E-state index contributed by atoms with van der Waals surface area (Å²) in [6, 6.07) is 12.0. The lowest BCUT2D eigenvalue weighted by Crippen LogP contribution is -2.46. The molecule has 0 aliphatic carbocycles. The van der Waals surface area contributed by atoms with E-state index < -0.39 is 11.7 Å². The molecule has 2 aromatic carbocycles. The van der Waals surface area contributed by atoms with Crippen LogP contribution in [0.4, 0.5) is 24.5 Å². The smallest absolute Gasteiger partial charge is 0.416 e. The van der Waals surface area contributed by atoms with Crippen LogP contribution in [-0.4, -0.2) is 155 Å². The summed E-state index contributed by atoms with van der Waals surface area (Å²) in [6.07, 6.45) is -0.354. The number of piperazine rings is 1. The molecule has 0 bridgehead atoms. The molecule has 53 heavy (non-hydrogen) atoms. The number of nitrogens with zero attached hydrogens (tertiary/aromatic N) is 3. The van der Waals surface area contributed by atoms with Gasteiger partial charge in [-0.15, -0.1) is 0 Å². The minimum Gasteiger partial charge on any atom is -0.499 e. The first-order chi connectivity index (χ1) is 25.7. The molecule has 3 atom stereocenters. The van der Waals surface area contributed by atoms with E-state index >= 15 is 0 Å². The molecule has 11 nitrogen and oxygen atoms in total. The van der Waals surface area contributed by atoms with Crippen molar-refractivity contribution in [1.29, 1.82) is 0 Å². The molecule has 298 valence electrons. The van der Waals surface area contributed by atoms with Crippen molar-refractivity contribution in [2.24, 2.45) is 0 Å². The molecular weight excluding hydrogens is 715 g/mol. The van der Waals surface area contributed by atoms with E-state index in [0.29, 0.717) is 65.1 Å². The van der Waals surface area contributed by atoms with Gasteiger partial charge in [0.05, 0.1) is 69.4 Å². The Bertz CT molecular complexity index is 1350. The molecule has 0 aromatic heterocycles. The molecule has 0 amide bonds. The zero-order valence-electron chi connectivity index (χ0n) is 31.4. The van der Waals surface area contributed by atoms with E-state index in [1.807, 2.05) is 35.2 Å². The van der Waals surface area contributed by atoms with Crippen LogP contribution in [0.25, 0.3) is 0 Å². The number of alkyl halides is 3. The molecule has 4 rings (SSSR count). The van der Waals surface area contributed by atoms with Crippen LogP contribution in [0.5, 0.6) is 0 Å². The Kier molecular flexibility index (Phi) is 19.2. The summed E-state index contributed by atoms with van der Waals surface area (Å²) in [5.41, 5.74) is 0.974. The van der Waals surface area contributed by atoms with Gasteiger partial charge in [0, 0.05) is 77.5 Å². The van der Waals surface area contributed by atoms with Crippen molar-refractivity contribution in [3.8, 4) is 0 Å². The van der Waals surface area contributed by atoms with Gasteiger partial charge in [0.1, 0.15) is 24.9 Å². The highest BCUT2D eigenvalue weighted by Gasteiger charge is 2.33. The standard InChI is InChI=1S/C38H56F3N3O8S/c1-45-24-31(46-2)26-51-28-33(48-4)29-52-27-32(47-3)25-50-22-21-49-20-8-14-43-18-16-42(17-19-43)13-7-15-44-34-9-5-6-10-36(34)53-37-12-11-30(23-35(37)44)38(39,40)41/h5-6,8-12,20,23,31-33H,7,13-19,21-22,24-29H2,1-4H3/b20-8+. The number of anilines is 2. The second-order valence-corrected chi connectivity index (χ2v) is 13.9. The van der Waals surface area contributed by atoms with Gasteiger partial charge in [-0.1, -0.05) is 23.9 Å². The Labute approximate surface area is 316 Å². The lowest BCUT2D eigenvalue weighted by molar-refractivity contribution is -0.137. The summed E-state index contributed by atoms with van der Waals surface area (Å²) >= 11 is 1.52. The predicted octanol–water partition coefficient (Wildman–Crippen LogP) is 5.59. The van der Waals surface area contributed by atoms with Gasteiger partial charge in [0.2, 0.25) is 0 Å². The third-order valence-electron chi connectivity index (χ3n) is 9.05. The SMILES string of the molecule is COCC(COCC(COCC(COCCO/C=C/CN1CCN(CCCN2c3ccccc3Sc3ccc(C(F)(F)F)cc32)CC1)OC)OC)OC. The van der Waals surface area contributed by atoms with Crippen molar-refractivity contribution in [2.45, 2.75) is 40.7 Å². The molecule has 2 heterocycles. The van der Waals surface area contributed by atoms with Crippen LogP contribution in [0.3, 0.4) is 0 Å². The van der Waals surface area contributed by atoms with Crippen LogP contribution in [0.15, 0.2) is 64.6 Å². The highest BCUT2D eigenvalue weighted by molar-refractivity contribution is 7.99. The van der Waals surface area contributed by atoms with Gasteiger partial charge in [0.25, 0.3) is 0 Å². The minimum absolute atomic E-state index is 0.129. The van der Waals surface area contributed by atoms with E-state index in [4.69, 9.17) is 37.9 Å². The molecule has 1 saturated heterocycles. The number of halogens is 3. The van der Waals surface area contributed by atoms with Crippen molar-refractivity contribution in [2.75, 3.05) is 132 Å². The van der Waals surface area contributed by atoms with Gasteiger partial charge in [-0.05, 0) is 49.4 Å². The summed E-state index contributed by atoms with van der Waals surface area (Å²) in [6.45, 7) is 9.30. The number of para-hydroxylation sites is 1. The normalized spacial score (nSPS) is 17.2. The highest BCUT2D eigenvalue weighted by atomic mass is 32.2. The topological polar surface area (TPSA) is 83.6 Å². The number of rotatable bonds is 25. The van der Waals surface area contributed by atoms with Crippen molar-refractivity contribution in [3.05, 3.63) is 60.4 Å². The summed E-state index contributed by atoms with van der Waals surface area (Å²) in [5, 5.41) is 0. The number of methoxy groups -OCH3 is 4. The first kappa shape index (κ1) is 43.3. The van der Waals surface area contributed by atoms with Crippen LogP contribution < -0.4 is 4.90 Å². The maximum absolute atomic E-state index is 13.5. The van der Waals surface area contributed by atoms with E-state index in [2.05, 4.69) is 9.80 Å². The highest BCUT2D eigenvalue weighted by Crippen LogP contribution is 2.49. The molecule has 3 unspecified atom stereocenters. The van der Waals surface area contributed by atoms with Crippen molar-refractivity contribution < 1.29 is 51.1 Å². The number of hydrogen-bond acceptors (Lipinski definition) is 12. The van der Waals surface area contributed by atoms with E-state index in [-0.39, 0.29) is 18.3 Å². The van der Waals surface area contributed by atoms with Gasteiger partial charge in [-0.25, -0.2) is 0 Å². The Balaban J connectivity index is 1.05. The minimum atomic E-state index is -4.38. The maximum atomic E-state index is 13.5. The van der Waals surface area contributed by atoms with Crippen LogP contribution in [0, 0.1) is 0 Å². The number of benzene rings is 2. The van der Waals surface area contributed by atoms with Gasteiger partial charge in [-0.2, -0.15) is 13.2 Å². The molecule has 2 aromatic rings. The maximum Gasteiger partial charge on any atom is 0.416 e. The molecule has 0 saturated carbocycles. The molecule has 15 heteroatoms. The third-order valence-corrected chi connectivity index (χ3v) is 10.2. The fourth-order valence-electron chi connectivity index (χ4n) is 5.94. The molecule has 0 spiro atoms. The van der Waals surface area contributed by atoms with Gasteiger partial charge >= 0.3 is 6.18 Å². The monoisotopic (exact) mass is 771 g/mol.